The average molecular weight is 214 g/mol. The van der Waals surface area contributed by atoms with E-state index in [1.165, 1.54) is 0 Å². The minimum atomic E-state index is -0.946. The lowest BCUT2D eigenvalue weighted by atomic mass is 10.0. The summed E-state index contributed by atoms with van der Waals surface area (Å²) in [6.07, 6.45) is 0. The third-order valence-corrected chi connectivity index (χ3v) is 2.41. The third kappa shape index (κ3) is 2.16. The predicted octanol–water partition coefficient (Wildman–Crippen LogP) is 3.51. The van der Waals surface area contributed by atoms with Crippen LogP contribution >= 0.6 is 0 Å². The Morgan fingerprint density at radius 1 is 0.938 bits per heavy atom. The molecule has 80 valence electrons. The summed E-state index contributed by atoms with van der Waals surface area (Å²) in [5.41, 5.74) is 2.37. The van der Waals surface area contributed by atoms with Gasteiger partial charge in [-0.05, 0) is 17.2 Å². The molecule has 2 rings (SSSR count). The molecule has 2 aromatic rings. The van der Waals surface area contributed by atoms with E-state index in [2.05, 4.69) is 0 Å². The summed E-state index contributed by atoms with van der Waals surface area (Å²) in [4.78, 5) is 11.2. The van der Waals surface area contributed by atoms with Crippen molar-refractivity contribution in [1.29, 1.82) is 0 Å². The molecule has 0 aliphatic rings. The number of ketones is 1. The first-order valence-corrected chi connectivity index (χ1v) is 5.06. The van der Waals surface area contributed by atoms with E-state index < -0.39 is 12.5 Å². The second-order valence-electron chi connectivity index (χ2n) is 3.50. The number of carbonyl (C=O) groups excluding carboxylic acids is 1. The fourth-order valence-corrected chi connectivity index (χ4v) is 1.58. The van der Waals surface area contributed by atoms with Crippen LogP contribution in [0.3, 0.4) is 0 Å². The zero-order chi connectivity index (χ0) is 11.4. The van der Waals surface area contributed by atoms with Crippen LogP contribution in [0.25, 0.3) is 11.1 Å². The zero-order valence-corrected chi connectivity index (χ0v) is 8.69. The maximum atomic E-state index is 12.3. The molecule has 16 heavy (non-hydrogen) atoms. The van der Waals surface area contributed by atoms with Crippen molar-refractivity contribution in [3.05, 3.63) is 60.2 Å². The Kier molecular flexibility index (Phi) is 3.10. The highest BCUT2D eigenvalue weighted by Gasteiger charge is 2.05. The largest absolute Gasteiger partial charge is 0.291 e. The molecule has 2 aromatic carbocycles. The molecule has 0 atom stereocenters. The van der Waals surface area contributed by atoms with Crippen LogP contribution in [-0.2, 0) is 0 Å². The van der Waals surface area contributed by atoms with Gasteiger partial charge in [-0.15, -0.1) is 0 Å². The molecule has 0 radical (unpaired) electrons. The standard InChI is InChI=1S/C14H11FO/c15-10-14(16)13-8-4-7-12(9-13)11-5-2-1-3-6-11/h1-9H,10H2. The fourth-order valence-electron chi connectivity index (χ4n) is 1.58. The molecule has 0 aliphatic heterocycles. The van der Waals surface area contributed by atoms with Gasteiger partial charge in [-0.25, -0.2) is 4.39 Å². The van der Waals surface area contributed by atoms with E-state index in [0.29, 0.717) is 5.56 Å². The normalized spacial score (nSPS) is 10.1. The maximum absolute atomic E-state index is 12.3. The molecule has 0 heterocycles. The maximum Gasteiger partial charge on any atom is 0.193 e. The second kappa shape index (κ2) is 4.71. The third-order valence-electron chi connectivity index (χ3n) is 2.41. The average Bonchev–Trinajstić information content (AvgIpc) is 2.39. The smallest absolute Gasteiger partial charge is 0.193 e. The molecule has 0 aromatic heterocycles. The Morgan fingerprint density at radius 3 is 2.31 bits per heavy atom. The van der Waals surface area contributed by atoms with Gasteiger partial charge in [0.25, 0.3) is 0 Å². The van der Waals surface area contributed by atoms with Crippen molar-refractivity contribution in [2.24, 2.45) is 0 Å². The molecule has 2 heteroatoms. The molecule has 0 saturated carbocycles. The van der Waals surface area contributed by atoms with Crippen molar-refractivity contribution in [3.63, 3.8) is 0 Å². The summed E-state index contributed by atoms with van der Waals surface area (Å²) < 4.78 is 12.3. The fraction of sp³-hybridized carbons (Fsp3) is 0.0714. The van der Waals surface area contributed by atoms with Crippen molar-refractivity contribution in [2.75, 3.05) is 6.67 Å². The molecule has 0 aliphatic carbocycles. The Labute approximate surface area is 93.5 Å². The molecular formula is C14H11FO. The Morgan fingerprint density at radius 2 is 1.62 bits per heavy atom. The highest BCUT2D eigenvalue weighted by molar-refractivity contribution is 5.98. The van der Waals surface area contributed by atoms with Crippen LogP contribution in [0.4, 0.5) is 4.39 Å². The van der Waals surface area contributed by atoms with Crippen LogP contribution in [0.1, 0.15) is 10.4 Å². The van der Waals surface area contributed by atoms with Crippen LogP contribution in [-0.4, -0.2) is 12.5 Å². The quantitative estimate of drug-likeness (QED) is 0.714. The van der Waals surface area contributed by atoms with Crippen LogP contribution in [0, 0.1) is 0 Å². The van der Waals surface area contributed by atoms with Crippen molar-refractivity contribution in [2.45, 2.75) is 0 Å². The number of alkyl halides is 1. The van der Waals surface area contributed by atoms with Crippen LogP contribution in [0.15, 0.2) is 54.6 Å². The molecule has 0 fully saturated rings. The first-order chi connectivity index (χ1) is 7.81. The van der Waals surface area contributed by atoms with Gasteiger partial charge < -0.3 is 0 Å². The van der Waals surface area contributed by atoms with Gasteiger partial charge in [0.2, 0.25) is 0 Å². The van der Waals surface area contributed by atoms with Gasteiger partial charge in [-0.1, -0.05) is 48.5 Å². The van der Waals surface area contributed by atoms with E-state index in [4.69, 9.17) is 0 Å². The van der Waals surface area contributed by atoms with E-state index in [1.807, 2.05) is 36.4 Å². The zero-order valence-electron chi connectivity index (χ0n) is 8.69. The van der Waals surface area contributed by atoms with Crippen LogP contribution in [0.2, 0.25) is 0 Å². The topological polar surface area (TPSA) is 17.1 Å². The van der Waals surface area contributed by atoms with Gasteiger partial charge in [0, 0.05) is 5.56 Å². The van der Waals surface area contributed by atoms with Gasteiger partial charge in [0.05, 0.1) is 0 Å². The van der Waals surface area contributed by atoms with Gasteiger partial charge in [-0.3, -0.25) is 4.79 Å². The number of halogens is 1. The number of Topliss-reactive ketones (excluding diaryl/α,β-unsaturated/α-hetero) is 1. The molecule has 0 amide bonds. The molecular weight excluding hydrogens is 203 g/mol. The molecule has 1 nitrogen and oxygen atoms in total. The van der Waals surface area contributed by atoms with E-state index in [1.54, 1.807) is 18.2 Å². The highest BCUT2D eigenvalue weighted by atomic mass is 19.1. The van der Waals surface area contributed by atoms with Crippen molar-refractivity contribution in [1.82, 2.24) is 0 Å². The van der Waals surface area contributed by atoms with E-state index in [-0.39, 0.29) is 0 Å². The number of carbonyl (C=O) groups is 1. The summed E-state index contributed by atoms with van der Waals surface area (Å²) in [6, 6.07) is 16.7. The first-order valence-electron chi connectivity index (χ1n) is 5.06. The summed E-state index contributed by atoms with van der Waals surface area (Å²) in [7, 11) is 0. The molecule has 0 bridgehead atoms. The minimum absolute atomic E-state index is 0.420. The lowest BCUT2D eigenvalue weighted by Gasteiger charge is -2.03. The lowest BCUT2D eigenvalue weighted by molar-refractivity contribution is 0.0959. The Balaban J connectivity index is 2.40. The number of rotatable bonds is 3. The predicted molar refractivity (Wildman–Crippen MR) is 62.2 cm³/mol. The molecule has 0 saturated heterocycles. The van der Waals surface area contributed by atoms with Gasteiger partial charge in [0.15, 0.2) is 12.5 Å². The summed E-state index contributed by atoms with van der Waals surface area (Å²) in [5, 5.41) is 0. The van der Waals surface area contributed by atoms with E-state index in [9.17, 15) is 9.18 Å². The highest BCUT2D eigenvalue weighted by Crippen LogP contribution is 2.20. The second-order valence-corrected chi connectivity index (χ2v) is 3.50. The van der Waals surface area contributed by atoms with Crippen LogP contribution in [0.5, 0.6) is 0 Å². The van der Waals surface area contributed by atoms with Crippen molar-refractivity contribution < 1.29 is 9.18 Å². The monoisotopic (exact) mass is 214 g/mol. The number of hydrogen-bond donors (Lipinski definition) is 0. The summed E-state index contributed by atoms with van der Waals surface area (Å²) in [6.45, 7) is -0.946. The molecule has 0 N–H and O–H groups in total. The number of benzene rings is 2. The molecule has 0 spiro atoms. The van der Waals surface area contributed by atoms with E-state index >= 15 is 0 Å². The SMILES string of the molecule is O=C(CF)c1cccc(-c2ccccc2)c1. The lowest BCUT2D eigenvalue weighted by Crippen LogP contribution is -2.00. The first kappa shape index (κ1) is 10.6. The van der Waals surface area contributed by atoms with Crippen molar-refractivity contribution >= 4 is 5.78 Å². The van der Waals surface area contributed by atoms with Crippen LogP contribution < -0.4 is 0 Å². The minimum Gasteiger partial charge on any atom is -0.291 e. The van der Waals surface area contributed by atoms with E-state index in [0.717, 1.165) is 11.1 Å². The summed E-state index contributed by atoms with van der Waals surface area (Å²) in [5.74, 6) is -0.474. The summed E-state index contributed by atoms with van der Waals surface area (Å²) >= 11 is 0. The molecule has 0 unspecified atom stereocenters. The van der Waals surface area contributed by atoms with Gasteiger partial charge in [0.1, 0.15) is 0 Å². The van der Waals surface area contributed by atoms with Gasteiger partial charge >= 0.3 is 0 Å². The Hall–Kier alpha value is -1.96. The Bertz CT molecular complexity index is 491. The van der Waals surface area contributed by atoms with Crippen molar-refractivity contribution in [3.8, 4) is 11.1 Å². The van der Waals surface area contributed by atoms with Gasteiger partial charge in [-0.2, -0.15) is 0 Å². The number of hydrogen-bond acceptors (Lipinski definition) is 1.